The molecule has 1 atom stereocenters. The lowest BCUT2D eigenvalue weighted by Crippen LogP contribution is -2.23. The Hall–Kier alpha value is -3.28. The van der Waals surface area contributed by atoms with Crippen molar-refractivity contribution in [2.75, 3.05) is 12.4 Å². The number of methoxy groups -OCH3 is 1. The van der Waals surface area contributed by atoms with Crippen LogP contribution >= 0.6 is 0 Å². The Morgan fingerprint density at radius 3 is 2.67 bits per heavy atom. The van der Waals surface area contributed by atoms with Crippen LogP contribution in [-0.4, -0.2) is 23.2 Å². The Labute approximate surface area is 175 Å². The standard InChI is InChI=1S/C24H25N3O3/c1-29-22-12-16(18-13-23(28)26-24-19(18)14-25-27-24)10-11-21(22)30-20-9-5-4-8-17(20)15-6-2-3-7-15/h4-5,8-12,14-15,18H,2-3,6-7,13H2,1H3,(H2,25,26,27,28). The van der Waals surface area contributed by atoms with Crippen molar-refractivity contribution in [1.82, 2.24) is 10.2 Å². The van der Waals surface area contributed by atoms with Gasteiger partial charge in [-0.25, -0.2) is 0 Å². The molecule has 1 saturated carbocycles. The second-order valence-electron chi connectivity index (χ2n) is 8.03. The predicted octanol–water partition coefficient (Wildman–Crippen LogP) is 5.34. The Balaban J connectivity index is 1.46. The molecule has 6 heteroatoms. The van der Waals surface area contributed by atoms with Gasteiger partial charge in [-0.15, -0.1) is 0 Å². The summed E-state index contributed by atoms with van der Waals surface area (Å²) in [5.74, 6) is 3.28. The molecule has 1 aromatic heterocycles. The van der Waals surface area contributed by atoms with E-state index in [1.54, 1.807) is 7.11 Å². The summed E-state index contributed by atoms with van der Waals surface area (Å²) >= 11 is 0. The van der Waals surface area contributed by atoms with Crippen molar-refractivity contribution in [2.45, 2.75) is 43.9 Å². The van der Waals surface area contributed by atoms with E-state index in [1.165, 1.54) is 31.2 Å². The molecule has 1 fully saturated rings. The number of aromatic amines is 1. The number of aromatic nitrogens is 2. The number of nitrogens with zero attached hydrogens (tertiary/aromatic N) is 1. The molecule has 30 heavy (non-hydrogen) atoms. The molecule has 1 aliphatic heterocycles. The first-order chi connectivity index (χ1) is 14.7. The fourth-order valence-corrected chi connectivity index (χ4v) is 4.69. The number of hydrogen-bond acceptors (Lipinski definition) is 4. The van der Waals surface area contributed by atoms with E-state index in [2.05, 4.69) is 27.6 Å². The maximum atomic E-state index is 12.1. The fraction of sp³-hybridized carbons (Fsp3) is 0.333. The molecule has 154 valence electrons. The minimum absolute atomic E-state index is 0.0376. The molecule has 0 spiro atoms. The first-order valence-corrected chi connectivity index (χ1v) is 10.5. The zero-order valence-electron chi connectivity index (χ0n) is 17.0. The number of carbonyl (C=O) groups is 1. The molecule has 2 aliphatic rings. The molecule has 6 nitrogen and oxygen atoms in total. The number of benzene rings is 2. The maximum absolute atomic E-state index is 12.1. The van der Waals surface area contributed by atoms with Crippen molar-refractivity contribution in [3.05, 3.63) is 65.4 Å². The molecule has 0 radical (unpaired) electrons. The quantitative estimate of drug-likeness (QED) is 0.603. The lowest BCUT2D eigenvalue weighted by atomic mass is 9.87. The van der Waals surface area contributed by atoms with Gasteiger partial charge in [0, 0.05) is 24.1 Å². The van der Waals surface area contributed by atoms with Gasteiger partial charge in [-0.1, -0.05) is 37.1 Å². The second-order valence-corrected chi connectivity index (χ2v) is 8.03. The summed E-state index contributed by atoms with van der Waals surface area (Å²) in [6.07, 6.45) is 7.21. The van der Waals surface area contributed by atoms with Gasteiger partial charge in [0.15, 0.2) is 17.3 Å². The van der Waals surface area contributed by atoms with Crippen LogP contribution in [0.25, 0.3) is 0 Å². The number of H-pyrrole nitrogens is 1. The van der Waals surface area contributed by atoms with Crippen LogP contribution in [0.15, 0.2) is 48.7 Å². The smallest absolute Gasteiger partial charge is 0.226 e. The first kappa shape index (κ1) is 18.7. The number of anilines is 1. The molecule has 1 aliphatic carbocycles. The highest BCUT2D eigenvalue weighted by molar-refractivity contribution is 5.94. The topological polar surface area (TPSA) is 76.2 Å². The summed E-state index contributed by atoms with van der Waals surface area (Å²) in [5, 5.41) is 9.79. The number of ether oxygens (including phenoxy) is 2. The monoisotopic (exact) mass is 403 g/mol. The molecule has 1 amide bonds. The molecule has 3 aromatic rings. The number of carbonyl (C=O) groups excluding carboxylic acids is 1. The number of hydrogen-bond donors (Lipinski definition) is 2. The normalized spacial score (nSPS) is 18.7. The zero-order chi connectivity index (χ0) is 20.5. The van der Waals surface area contributed by atoms with Gasteiger partial charge in [-0.2, -0.15) is 5.10 Å². The van der Waals surface area contributed by atoms with Gasteiger partial charge < -0.3 is 14.8 Å². The molecule has 1 unspecified atom stereocenters. The Bertz CT molecular complexity index is 1070. The summed E-state index contributed by atoms with van der Waals surface area (Å²) in [4.78, 5) is 12.1. The highest BCUT2D eigenvalue weighted by Crippen LogP contribution is 2.43. The molecule has 2 aromatic carbocycles. The van der Waals surface area contributed by atoms with Crippen LogP contribution in [0.5, 0.6) is 17.2 Å². The molecule has 5 rings (SSSR count). The van der Waals surface area contributed by atoms with E-state index in [-0.39, 0.29) is 11.8 Å². The molecular formula is C24H25N3O3. The van der Waals surface area contributed by atoms with E-state index in [0.29, 0.717) is 29.7 Å². The summed E-state index contributed by atoms with van der Waals surface area (Å²) in [7, 11) is 1.64. The van der Waals surface area contributed by atoms with Crippen LogP contribution in [0.1, 0.15) is 60.6 Å². The van der Waals surface area contributed by atoms with E-state index < -0.39 is 0 Å². The van der Waals surface area contributed by atoms with Gasteiger partial charge in [-0.3, -0.25) is 9.89 Å². The van der Waals surface area contributed by atoms with Crippen LogP contribution < -0.4 is 14.8 Å². The highest BCUT2D eigenvalue weighted by Gasteiger charge is 2.29. The fourth-order valence-electron chi connectivity index (χ4n) is 4.69. The van der Waals surface area contributed by atoms with E-state index >= 15 is 0 Å². The van der Waals surface area contributed by atoms with Crippen molar-refractivity contribution in [3.63, 3.8) is 0 Å². The number of nitrogens with one attached hydrogen (secondary N) is 2. The van der Waals surface area contributed by atoms with E-state index in [0.717, 1.165) is 16.9 Å². The van der Waals surface area contributed by atoms with E-state index in [1.807, 2.05) is 36.5 Å². The van der Waals surface area contributed by atoms with Crippen molar-refractivity contribution < 1.29 is 14.3 Å². The SMILES string of the molecule is COc1cc(C2CC(=O)Nc3n[nH]cc32)ccc1Oc1ccccc1C1CCCC1. The Morgan fingerprint density at radius 2 is 1.83 bits per heavy atom. The van der Waals surface area contributed by atoms with Crippen LogP contribution in [0, 0.1) is 0 Å². The number of para-hydroxylation sites is 1. The molecule has 0 bridgehead atoms. The number of rotatable bonds is 5. The van der Waals surface area contributed by atoms with Gasteiger partial charge in [0.05, 0.1) is 7.11 Å². The maximum Gasteiger partial charge on any atom is 0.226 e. The highest BCUT2D eigenvalue weighted by atomic mass is 16.5. The first-order valence-electron chi connectivity index (χ1n) is 10.5. The van der Waals surface area contributed by atoms with Crippen molar-refractivity contribution in [3.8, 4) is 17.2 Å². The molecule has 2 N–H and O–H groups in total. The third kappa shape index (κ3) is 3.43. The Morgan fingerprint density at radius 1 is 1.00 bits per heavy atom. The van der Waals surface area contributed by atoms with Gasteiger partial charge in [0.1, 0.15) is 5.75 Å². The number of amides is 1. The lowest BCUT2D eigenvalue weighted by molar-refractivity contribution is -0.116. The average molecular weight is 403 g/mol. The van der Waals surface area contributed by atoms with Gasteiger partial charge in [-0.05, 0) is 48.1 Å². The minimum Gasteiger partial charge on any atom is -0.493 e. The van der Waals surface area contributed by atoms with Crippen LogP contribution in [0.2, 0.25) is 0 Å². The van der Waals surface area contributed by atoms with Crippen LogP contribution in [-0.2, 0) is 4.79 Å². The molecule has 2 heterocycles. The third-order valence-corrected chi connectivity index (χ3v) is 6.22. The van der Waals surface area contributed by atoms with Crippen molar-refractivity contribution in [1.29, 1.82) is 0 Å². The van der Waals surface area contributed by atoms with Crippen LogP contribution in [0.3, 0.4) is 0 Å². The lowest BCUT2D eigenvalue weighted by Gasteiger charge is -2.23. The van der Waals surface area contributed by atoms with Gasteiger partial charge in [0.25, 0.3) is 0 Å². The summed E-state index contributed by atoms with van der Waals surface area (Å²) < 4.78 is 12.0. The summed E-state index contributed by atoms with van der Waals surface area (Å²) in [6.45, 7) is 0. The summed E-state index contributed by atoms with van der Waals surface area (Å²) in [6, 6.07) is 14.2. The van der Waals surface area contributed by atoms with Gasteiger partial charge in [0.2, 0.25) is 5.91 Å². The second kappa shape index (κ2) is 7.86. The third-order valence-electron chi connectivity index (χ3n) is 6.22. The van der Waals surface area contributed by atoms with Crippen LogP contribution in [0.4, 0.5) is 5.82 Å². The zero-order valence-corrected chi connectivity index (χ0v) is 17.0. The minimum atomic E-state index is -0.0683. The number of fused-ring (bicyclic) bond motifs is 1. The largest absolute Gasteiger partial charge is 0.493 e. The summed E-state index contributed by atoms with van der Waals surface area (Å²) in [5.41, 5.74) is 3.26. The van der Waals surface area contributed by atoms with Crippen molar-refractivity contribution in [2.24, 2.45) is 0 Å². The average Bonchev–Trinajstić information content (AvgIpc) is 3.46. The predicted molar refractivity (Wildman–Crippen MR) is 114 cm³/mol. The van der Waals surface area contributed by atoms with E-state index in [4.69, 9.17) is 9.47 Å². The van der Waals surface area contributed by atoms with E-state index in [9.17, 15) is 4.79 Å². The molecular weight excluding hydrogens is 378 g/mol. The molecule has 0 saturated heterocycles. The van der Waals surface area contributed by atoms with Crippen molar-refractivity contribution >= 4 is 11.7 Å². The Kier molecular flexibility index (Phi) is 4.91. The van der Waals surface area contributed by atoms with Gasteiger partial charge >= 0.3 is 0 Å².